The smallest absolute Gasteiger partial charge is 0.292 e. The van der Waals surface area contributed by atoms with Crippen LogP contribution in [0.5, 0.6) is 0 Å². The molecular weight excluding hydrogens is 386 g/mol. The van der Waals surface area contributed by atoms with E-state index in [-0.39, 0.29) is 17.3 Å². The summed E-state index contributed by atoms with van der Waals surface area (Å²) in [7, 11) is 0. The summed E-state index contributed by atoms with van der Waals surface area (Å²) >= 11 is 0. The molecule has 0 spiro atoms. The topological polar surface area (TPSA) is 140 Å². The fourth-order valence-electron chi connectivity index (χ4n) is 3.39. The Bertz CT molecular complexity index is 1040. The van der Waals surface area contributed by atoms with Crippen LogP contribution in [0.4, 0.5) is 5.82 Å². The van der Waals surface area contributed by atoms with Crippen molar-refractivity contribution in [2.45, 2.75) is 32.7 Å². The van der Waals surface area contributed by atoms with E-state index in [1.807, 2.05) is 37.3 Å². The molecule has 4 rings (SSSR count). The average molecular weight is 409 g/mol. The zero-order chi connectivity index (χ0) is 20.9. The van der Waals surface area contributed by atoms with Gasteiger partial charge in [-0.1, -0.05) is 42.0 Å². The van der Waals surface area contributed by atoms with Gasteiger partial charge in [-0.15, -0.1) is 5.10 Å². The SMILES string of the molecule is C/C(=N\NC(=O)c1c(CN2CCCCC2)nnn1-c1nonc1N)c1ccccc1. The normalized spacial score (nSPS) is 15.3. The predicted molar refractivity (Wildman–Crippen MR) is 109 cm³/mol. The summed E-state index contributed by atoms with van der Waals surface area (Å²) in [5.74, 6) is -0.339. The summed E-state index contributed by atoms with van der Waals surface area (Å²) in [5, 5.41) is 19.8. The van der Waals surface area contributed by atoms with Gasteiger partial charge in [0, 0.05) is 6.54 Å². The molecule has 1 aliphatic heterocycles. The number of likely N-dealkylation sites (tertiary alicyclic amines) is 1. The highest BCUT2D eigenvalue weighted by Crippen LogP contribution is 2.19. The summed E-state index contributed by atoms with van der Waals surface area (Å²) in [4.78, 5) is 15.3. The third-order valence-corrected chi connectivity index (χ3v) is 4.99. The Morgan fingerprint density at radius 1 is 1.20 bits per heavy atom. The van der Waals surface area contributed by atoms with Gasteiger partial charge in [0.2, 0.25) is 11.6 Å². The Balaban J connectivity index is 1.62. The van der Waals surface area contributed by atoms with Crippen LogP contribution in [0.15, 0.2) is 40.1 Å². The van der Waals surface area contributed by atoms with Crippen LogP contribution in [0.25, 0.3) is 5.82 Å². The summed E-state index contributed by atoms with van der Waals surface area (Å²) < 4.78 is 5.91. The summed E-state index contributed by atoms with van der Waals surface area (Å²) in [5.41, 5.74) is 10.7. The molecule has 0 saturated carbocycles. The largest absolute Gasteiger partial charge is 0.378 e. The summed E-state index contributed by atoms with van der Waals surface area (Å²) in [6, 6.07) is 9.57. The minimum atomic E-state index is -0.468. The second-order valence-electron chi connectivity index (χ2n) is 7.11. The quantitative estimate of drug-likeness (QED) is 0.459. The highest BCUT2D eigenvalue weighted by molar-refractivity contribution is 6.00. The van der Waals surface area contributed by atoms with Crippen molar-refractivity contribution >= 4 is 17.4 Å². The third-order valence-electron chi connectivity index (χ3n) is 4.99. The molecular formula is C19H23N9O2. The third kappa shape index (κ3) is 4.20. The minimum absolute atomic E-state index is 0.0161. The molecule has 3 aromatic rings. The van der Waals surface area contributed by atoms with Crippen molar-refractivity contribution in [3.63, 3.8) is 0 Å². The first kappa shape index (κ1) is 19.7. The van der Waals surface area contributed by atoms with Gasteiger partial charge in [-0.2, -0.15) is 9.78 Å². The fraction of sp³-hybridized carbons (Fsp3) is 0.368. The van der Waals surface area contributed by atoms with E-state index in [1.165, 1.54) is 11.1 Å². The van der Waals surface area contributed by atoms with E-state index in [0.29, 0.717) is 18.0 Å². The molecule has 30 heavy (non-hydrogen) atoms. The van der Waals surface area contributed by atoms with Gasteiger partial charge in [-0.05, 0) is 48.7 Å². The number of anilines is 1. The Kier molecular flexibility index (Phi) is 5.80. The second kappa shape index (κ2) is 8.82. The molecule has 11 heteroatoms. The first-order valence-electron chi connectivity index (χ1n) is 9.79. The lowest BCUT2D eigenvalue weighted by Gasteiger charge is -2.25. The summed E-state index contributed by atoms with van der Waals surface area (Å²) in [6.07, 6.45) is 3.46. The van der Waals surface area contributed by atoms with Crippen LogP contribution < -0.4 is 11.2 Å². The van der Waals surface area contributed by atoms with E-state index in [1.54, 1.807) is 0 Å². The Labute approximate surface area is 172 Å². The number of hydrogen-bond acceptors (Lipinski definition) is 9. The predicted octanol–water partition coefficient (Wildman–Crippen LogP) is 1.37. The first-order valence-corrected chi connectivity index (χ1v) is 9.79. The molecule has 1 aliphatic rings. The second-order valence-corrected chi connectivity index (χ2v) is 7.11. The van der Waals surface area contributed by atoms with Crippen molar-refractivity contribution in [2.75, 3.05) is 18.8 Å². The lowest BCUT2D eigenvalue weighted by Crippen LogP contribution is -2.31. The van der Waals surface area contributed by atoms with E-state index >= 15 is 0 Å². The lowest BCUT2D eigenvalue weighted by atomic mass is 10.1. The number of nitrogens with two attached hydrogens (primary N) is 1. The number of benzene rings is 1. The first-order chi connectivity index (χ1) is 14.6. The zero-order valence-corrected chi connectivity index (χ0v) is 16.7. The van der Waals surface area contributed by atoms with Gasteiger partial charge in [0.15, 0.2) is 5.69 Å². The molecule has 156 valence electrons. The van der Waals surface area contributed by atoms with Gasteiger partial charge >= 0.3 is 0 Å². The maximum Gasteiger partial charge on any atom is 0.292 e. The van der Waals surface area contributed by atoms with Gasteiger partial charge < -0.3 is 5.73 Å². The van der Waals surface area contributed by atoms with Gasteiger partial charge in [0.1, 0.15) is 5.69 Å². The van der Waals surface area contributed by atoms with Crippen molar-refractivity contribution < 1.29 is 9.42 Å². The van der Waals surface area contributed by atoms with Crippen molar-refractivity contribution in [1.82, 2.24) is 35.6 Å². The number of hydrazone groups is 1. The Morgan fingerprint density at radius 3 is 2.67 bits per heavy atom. The highest BCUT2D eigenvalue weighted by Gasteiger charge is 2.26. The van der Waals surface area contributed by atoms with Gasteiger partial charge in [0.25, 0.3) is 5.91 Å². The van der Waals surface area contributed by atoms with Crippen LogP contribution >= 0.6 is 0 Å². The number of nitrogen functional groups attached to an aromatic ring is 1. The minimum Gasteiger partial charge on any atom is -0.378 e. The number of carbonyl (C=O) groups is 1. The number of aromatic nitrogens is 5. The van der Waals surface area contributed by atoms with Gasteiger partial charge in [0.05, 0.1) is 5.71 Å². The fourth-order valence-corrected chi connectivity index (χ4v) is 3.39. The van der Waals surface area contributed by atoms with Crippen LogP contribution in [0, 0.1) is 0 Å². The van der Waals surface area contributed by atoms with Crippen LogP contribution in [0.3, 0.4) is 0 Å². The molecule has 3 heterocycles. The number of piperidine rings is 1. The molecule has 0 unspecified atom stereocenters. The number of hydrogen-bond donors (Lipinski definition) is 2. The molecule has 0 aliphatic carbocycles. The van der Waals surface area contributed by atoms with Gasteiger partial charge in [-0.25, -0.2) is 10.1 Å². The highest BCUT2D eigenvalue weighted by atomic mass is 16.6. The van der Waals surface area contributed by atoms with Crippen LogP contribution in [-0.2, 0) is 6.54 Å². The van der Waals surface area contributed by atoms with E-state index in [4.69, 9.17) is 5.73 Å². The van der Waals surface area contributed by atoms with Crippen molar-refractivity contribution in [3.8, 4) is 5.82 Å². The summed E-state index contributed by atoms with van der Waals surface area (Å²) in [6.45, 7) is 4.22. The Hall–Kier alpha value is -3.60. The zero-order valence-electron chi connectivity index (χ0n) is 16.7. The number of carbonyl (C=O) groups excluding carboxylic acids is 1. The van der Waals surface area contributed by atoms with Crippen LogP contribution in [0.2, 0.25) is 0 Å². The molecule has 0 radical (unpaired) electrons. The molecule has 0 bridgehead atoms. The van der Waals surface area contributed by atoms with Crippen molar-refractivity contribution in [3.05, 3.63) is 47.3 Å². The monoisotopic (exact) mass is 409 g/mol. The Morgan fingerprint density at radius 2 is 1.97 bits per heavy atom. The van der Waals surface area contributed by atoms with Crippen molar-refractivity contribution in [2.24, 2.45) is 5.10 Å². The molecule has 0 atom stereocenters. The van der Waals surface area contributed by atoms with Crippen LogP contribution in [-0.4, -0.2) is 54.9 Å². The van der Waals surface area contributed by atoms with E-state index in [2.05, 4.69) is 40.7 Å². The maximum atomic E-state index is 13.1. The number of amides is 1. The van der Waals surface area contributed by atoms with Gasteiger partial charge in [-0.3, -0.25) is 9.69 Å². The number of rotatable bonds is 6. The molecule has 1 aromatic carbocycles. The molecule has 11 nitrogen and oxygen atoms in total. The molecule has 1 fully saturated rings. The molecule has 1 amide bonds. The standard InChI is InChI=1S/C19H23N9O2/c1-13(14-8-4-2-5-9-14)21-23-19(29)16-15(12-27-10-6-3-7-11-27)22-26-28(16)18-17(20)24-30-25-18/h2,4-5,8-9H,3,6-7,10-12H2,1H3,(H2,20,24)(H,23,29)/b21-13+. The van der Waals surface area contributed by atoms with E-state index in [0.717, 1.165) is 31.5 Å². The van der Waals surface area contributed by atoms with Crippen LogP contribution in [0.1, 0.15) is 47.9 Å². The average Bonchev–Trinajstić information content (AvgIpc) is 3.38. The lowest BCUT2D eigenvalue weighted by molar-refractivity contribution is 0.0944. The van der Waals surface area contributed by atoms with E-state index in [9.17, 15) is 4.79 Å². The molecule has 1 saturated heterocycles. The molecule has 2 aromatic heterocycles. The number of nitrogens with zero attached hydrogens (tertiary/aromatic N) is 7. The van der Waals surface area contributed by atoms with E-state index < -0.39 is 5.91 Å². The maximum absolute atomic E-state index is 13.1. The van der Waals surface area contributed by atoms with Crippen molar-refractivity contribution in [1.29, 1.82) is 0 Å². The number of nitrogens with one attached hydrogen (secondary N) is 1. The molecule has 3 N–H and O–H groups in total.